The molecule has 1 fully saturated rings. The van der Waals surface area contributed by atoms with Crippen LogP contribution in [0.5, 0.6) is 0 Å². The highest BCUT2D eigenvalue weighted by Gasteiger charge is 2.38. The predicted octanol–water partition coefficient (Wildman–Crippen LogP) is 4.21. The number of esters is 2. The number of fused-ring (bicyclic) bond motifs is 3. The van der Waals surface area contributed by atoms with Crippen LogP contribution in [-0.4, -0.2) is 17.7 Å². The van der Waals surface area contributed by atoms with E-state index >= 15 is 0 Å². The summed E-state index contributed by atoms with van der Waals surface area (Å²) in [4.78, 5) is 24.5. The van der Waals surface area contributed by atoms with Crippen molar-refractivity contribution in [1.29, 1.82) is 0 Å². The van der Waals surface area contributed by atoms with Crippen molar-refractivity contribution in [1.82, 2.24) is 0 Å². The zero-order valence-corrected chi connectivity index (χ0v) is 13.9. The molecule has 124 valence electrons. The molecule has 1 heterocycles. The molecule has 4 heteroatoms. The van der Waals surface area contributed by atoms with E-state index in [1.165, 1.54) is 13.8 Å². The SMILES string of the molecule is CC1(C)OC(=O)C(=Cc2cccc3ccc4ccccc4c23)C(=O)O1. The Balaban J connectivity index is 1.94. The summed E-state index contributed by atoms with van der Waals surface area (Å²) in [5.41, 5.74) is 0.678. The molecule has 0 N–H and O–H groups in total. The number of hydrogen-bond donors (Lipinski definition) is 0. The first-order valence-electron chi connectivity index (χ1n) is 8.03. The van der Waals surface area contributed by atoms with Crippen molar-refractivity contribution < 1.29 is 19.1 Å². The third kappa shape index (κ3) is 2.66. The van der Waals surface area contributed by atoms with Crippen LogP contribution in [0.4, 0.5) is 0 Å². The van der Waals surface area contributed by atoms with Crippen LogP contribution in [-0.2, 0) is 19.1 Å². The van der Waals surface area contributed by atoms with Gasteiger partial charge in [-0.1, -0.05) is 54.6 Å². The summed E-state index contributed by atoms with van der Waals surface area (Å²) in [6.07, 6.45) is 1.55. The monoisotopic (exact) mass is 332 g/mol. The lowest BCUT2D eigenvalue weighted by molar-refractivity contribution is -0.222. The number of rotatable bonds is 1. The normalized spacial score (nSPS) is 16.6. The highest BCUT2D eigenvalue weighted by Crippen LogP contribution is 2.31. The van der Waals surface area contributed by atoms with Gasteiger partial charge in [0.25, 0.3) is 5.79 Å². The maximum atomic E-state index is 12.2. The Morgan fingerprint density at radius 3 is 2.20 bits per heavy atom. The van der Waals surface area contributed by atoms with Crippen molar-refractivity contribution in [3.05, 3.63) is 65.7 Å². The number of cyclic esters (lactones) is 2. The zero-order valence-electron chi connectivity index (χ0n) is 13.9. The fraction of sp³-hybridized carbons (Fsp3) is 0.143. The zero-order chi connectivity index (χ0) is 17.6. The van der Waals surface area contributed by atoms with Gasteiger partial charge in [0.15, 0.2) is 0 Å². The summed E-state index contributed by atoms with van der Waals surface area (Å²) < 4.78 is 10.4. The molecule has 0 amide bonds. The van der Waals surface area contributed by atoms with Crippen LogP contribution in [0.3, 0.4) is 0 Å². The minimum atomic E-state index is -1.24. The average molecular weight is 332 g/mol. The van der Waals surface area contributed by atoms with Gasteiger partial charge in [-0.15, -0.1) is 0 Å². The molecule has 4 rings (SSSR count). The molecular weight excluding hydrogens is 316 g/mol. The number of hydrogen-bond acceptors (Lipinski definition) is 4. The second-order valence-corrected chi connectivity index (χ2v) is 6.47. The Morgan fingerprint density at radius 2 is 1.44 bits per heavy atom. The summed E-state index contributed by atoms with van der Waals surface area (Å²) >= 11 is 0. The third-order valence-corrected chi connectivity index (χ3v) is 4.22. The first-order chi connectivity index (χ1) is 11.9. The van der Waals surface area contributed by atoms with Crippen molar-refractivity contribution in [2.24, 2.45) is 0 Å². The molecule has 0 aliphatic carbocycles. The molecule has 4 nitrogen and oxygen atoms in total. The Morgan fingerprint density at radius 1 is 0.800 bits per heavy atom. The number of ether oxygens (including phenoxy) is 2. The van der Waals surface area contributed by atoms with E-state index in [1.807, 2.05) is 48.5 Å². The molecule has 0 bridgehead atoms. The van der Waals surface area contributed by atoms with Crippen LogP contribution in [0.25, 0.3) is 27.6 Å². The van der Waals surface area contributed by atoms with Gasteiger partial charge in [0.05, 0.1) is 0 Å². The first-order valence-corrected chi connectivity index (χ1v) is 8.03. The minimum absolute atomic E-state index is 0.0974. The quantitative estimate of drug-likeness (QED) is 0.290. The van der Waals surface area contributed by atoms with Crippen LogP contribution in [0.1, 0.15) is 19.4 Å². The molecule has 0 aromatic heterocycles. The topological polar surface area (TPSA) is 52.6 Å². The minimum Gasteiger partial charge on any atom is -0.419 e. The predicted molar refractivity (Wildman–Crippen MR) is 95.7 cm³/mol. The van der Waals surface area contributed by atoms with E-state index in [0.29, 0.717) is 0 Å². The summed E-state index contributed by atoms with van der Waals surface area (Å²) in [6.45, 7) is 3.07. The van der Waals surface area contributed by atoms with Crippen molar-refractivity contribution in [3.8, 4) is 0 Å². The van der Waals surface area contributed by atoms with Crippen molar-refractivity contribution in [2.75, 3.05) is 0 Å². The van der Waals surface area contributed by atoms with Crippen LogP contribution in [0.2, 0.25) is 0 Å². The number of carbonyl (C=O) groups is 2. The fourth-order valence-corrected chi connectivity index (χ4v) is 3.14. The Kier molecular flexibility index (Phi) is 3.35. The molecule has 0 atom stereocenters. The lowest BCUT2D eigenvalue weighted by Crippen LogP contribution is -2.41. The summed E-state index contributed by atoms with van der Waals surface area (Å²) in [6, 6.07) is 17.9. The summed E-state index contributed by atoms with van der Waals surface area (Å²) in [5, 5.41) is 4.17. The Bertz CT molecular complexity index is 1040. The Hall–Kier alpha value is -3.14. The maximum Gasteiger partial charge on any atom is 0.348 e. The van der Waals surface area contributed by atoms with Gasteiger partial charge in [-0.2, -0.15) is 0 Å². The van der Waals surface area contributed by atoms with E-state index < -0.39 is 17.7 Å². The van der Waals surface area contributed by atoms with Crippen molar-refractivity contribution in [3.63, 3.8) is 0 Å². The standard InChI is InChI=1S/C21H16O4/c1-21(2)24-19(22)17(20(23)25-21)12-15-8-5-7-14-11-10-13-6-3-4-9-16(13)18(14)15/h3-12H,1-2H3. The van der Waals surface area contributed by atoms with E-state index in [2.05, 4.69) is 6.07 Å². The lowest BCUT2D eigenvalue weighted by atomic mass is 9.96. The van der Waals surface area contributed by atoms with E-state index in [-0.39, 0.29) is 5.57 Å². The Labute approximate surface area is 144 Å². The van der Waals surface area contributed by atoms with Gasteiger partial charge in [-0.25, -0.2) is 9.59 Å². The smallest absolute Gasteiger partial charge is 0.348 e. The molecule has 0 spiro atoms. The molecule has 0 radical (unpaired) electrons. The molecule has 3 aromatic carbocycles. The second-order valence-electron chi connectivity index (χ2n) is 6.47. The van der Waals surface area contributed by atoms with Gasteiger partial charge in [0, 0.05) is 13.8 Å². The highest BCUT2D eigenvalue weighted by molar-refractivity contribution is 6.21. The van der Waals surface area contributed by atoms with E-state index in [4.69, 9.17) is 9.47 Å². The van der Waals surface area contributed by atoms with E-state index in [9.17, 15) is 9.59 Å². The summed E-state index contributed by atoms with van der Waals surface area (Å²) in [5.74, 6) is -2.58. The van der Waals surface area contributed by atoms with Gasteiger partial charge < -0.3 is 9.47 Å². The van der Waals surface area contributed by atoms with Gasteiger partial charge in [-0.3, -0.25) is 0 Å². The van der Waals surface area contributed by atoms with Gasteiger partial charge in [0.2, 0.25) is 0 Å². The third-order valence-electron chi connectivity index (χ3n) is 4.22. The van der Waals surface area contributed by atoms with Crippen LogP contribution < -0.4 is 0 Å². The van der Waals surface area contributed by atoms with Crippen molar-refractivity contribution >= 4 is 39.6 Å². The largest absolute Gasteiger partial charge is 0.419 e. The van der Waals surface area contributed by atoms with Gasteiger partial charge in [-0.05, 0) is 33.2 Å². The van der Waals surface area contributed by atoms with Crippen LogP contribution >= 0.6 is 0 Å². The molecule has 1 aliphatic rings. The lowest BCUT2D eigenvalue weighted by Gasteiger charge is -2.29. The van der Waals surface area contributed by atoms with E-state index in [0.717, 1.165) is 27.1 Å². The van der Waals surface area contributed by atoms with Crippen molar-refractivity contribution in [2.45, 2.75) is 19.6 Å². The van der Waals surface area contributed by atoms with E-state index in [1.54, 1.807) is 6.08 Å². The number of benzene rings is 3. The second kappa shape index (κ2) is 5.45. The molecular formula is C21H16O4. The molecule has 3 aromatic rings. The fourth-order valence-electron chi connectivity index (χ4n) is 3.14. The van der Waals surface area contributed by atoms with Gasteiger partial charge >= 0.3 is 11.9 Å². The molecule has 0 unspecified atom stereocenters. The molecule has 0 saturated carbocycles. The van der Waals surface area contributed by atoms with Crippen LogP contribution in [0, 0.1) is 0 Å². The summed E-state index contributed by atoms with van der Waals surface area (Å²) in [7, 11) is 0. The first kappa shape index (κ1) is 15.4. The van der Waals surface area contributed by atoms with Crippen LogP contribution in [0.15, 0.2) is 60.2 Å². The number of carbonyl (C=O) groups excluding carboxylic acids is 2. The molecule has 1 aliphatic heterocycles. The van der Waals surface area contributed by atoms with Gasteiger partial charge in [0.1, 0.15) is 5.57 Å². The maximum absolute atomic E-state index is 12.2. The highest BCUT2D eigenvalue weighted by atomic mass is 16.7. The molecule has 25 heavy (non-hydrogen) atoms. The average Bonchev–Trinajstić information content (AvgIpc) is 2.57. The molecule has 1 saturated heterocycles.